The molecule has 0 atom stereocenters. The number of hydrogen-bond donors (Lipinski definition) is 1. The van der Waals surface area contributed by atoms with Crippen LogP contribution in [0.1, 0.15) is 51.9 Å². The first-order chi connectivity index (χ1) is 6.41. The molecule has 0 aliphatic heterocycles. The predicted octanol–water partition coefficient (Wildman–Crippen LogP) is 3.76. The highest BCUT2D eigenvalue weighted by molar-refractivity contribution is 14.1. The van der Waals surface area contributed by atoms with Crippen LogP contribution in [0.3, 0.4) is 0 Å². The van der Waals surface area contributed by atoms with E-state index in [2.05, 4.69) is 34.8 Å². The second-order valence-corrected chi connectivity index (χ2v) is 4.64. The molecule has 0 aromatic carbocycles. The molecule has 1 nitrogen and oxygen atoms in total. The molecule has 0 fully saturated rings. The number of alkyl halides is 1. The minimum Gasteiger partial charge on any atom is -0.317 e. The lowest BCUT2D eigenvalue weighted by molar-refractivity contribution is 0.572. The summed E-state index contributed by atoms with van der Waals surface area (Å²) < 4.78 is 1.28. The highest BCUT2D eigenvalue weighted by Crippen LogP contribution is 2.03. The lowest BCUT2D eigenvalue weighted by atomic mass is 10.1. The van der Waals surface area contributed by atoms with Gasteiger partial charge in [0.1, 0.15) is 0 Å². The number of nitrogens with one attached hydrogen (secondary N) is 1. The zero-order chi connectivity index (χ0) is 9.78. The quantitative estimate of drug-likeness (QED) is 0.368. The molecule has 1 N–H and O–H groups in total. The zero-order valence-corrected chi connectivity index (χ0v) is 11.1. The summed E-state index contributed by atoms with van der Waals surface area (Å²) in [5.41, 5.74) is 0. The van der Waals surface area contributed by atoms with Crippen molar-refractivity contribution in [1.29, 1.82) is 0 Å². The SMILES string of the molecule is CCCCCCCCNCCCI. The van der Waals surface area contributed by atoms with Gasteiger partial charge in [0.25, 0.3) is 0 Å². The van der Waals surface area contributed by atoms with Crippen LogP contribution in [-0.2, 0) is 0 Å². The van der Waals surface area contributed by atoms with E-state index in [1.807, 2.05) is 0 Å². The minimum atomic E-state index is 1.21. The standard InChI is InChI=1S/C11H24IN/c1-2-3-4-5-6-7-10-13-11-8-9-12/h13H,2-11H2,1H3. The maximum absolute atomic E-state index is 3.47. The first kappa shape index (κ1) is 13.7. The van der Waals surface area contributed by atoms with Gasteiger partial charge >= 0.3 is 0 Å². The summed E-state index contributed by atoms with van der Waals surface area (Å²) in [7, 11) is 0. The molecule has 0 heterocycles. The Balaban J connectivity index is 2.76. The Morgan fingerprint density at radius 3 is 2.15 bits per heavy atom. The Morgan fingerprint density at radius 1 is 0.846 bits per heavy atom. The van der Waals surface area contributed by atoms with Crippen molar-refractivity contribution in [3.05, 3.63) is 0 Å². The fourth-order valence-electron chi connectivity index (χ4n) is 1.35. The lowest BCUT2D eigenvalue weighted by Crippen LogP contribution is -2.16. The smallest absolute Gasteiger partial charge is 0.000735 e. The molecule has 2 heteroatoms. The summed E-state index contributed by atoms with van der Waals surface area (Å²) >= 11 is 2.43. The molecule has 0 rings (SSSR count). The van der Waals surface area contributed by atoms with Crippen molar-refractivity contribution < 1.29 is 0 Å². The molecule has 0 spiro atoms. The van der Waals surface area contributed by atoms with Gasteiger partial charge in [-0.3, -0.25) is 0 Å². The van der Waals surface area contributed by atoms with Crippen LogP contribution >= 0.6 is 22.6 Å². The summed E-state index contributed by atoms with van der Waals surface area (Å²) in [5, 5.41) is 3.47. The number of rotatable bonds is 10. The third-order valence-corrected chi connectivity index (χ3v) is 2.96. The van der Waals surface area contributed by atoms with Crippen molar-refractivity contribution in [2.24, 2.45) is 0 Å². The Labute approximate surface area is 97.2 Å². The largest absolute Gasteiger partial charge is 0.317 e. The van der Waals surface area contributed by atoms with Crippen molar-refractivity contribution in [1.82, 2.24) is 5.32 Å². The molecule has 0 aromatic rings. The molecule has 0 aliphatic carbocycles. The van der Waals surface area contributed by atoms with Gasteiger partial charge in [-0.05, 0) is 25.9 Å². The fourth-order valence-corrected chi connectivity index (χ4v) is 1.73. The van der Waals surface area contributed by atoms with E-state index in [9.17, 15) is 0 Å². The number of halogens is 1. The predicted molar refractivity (Wildman–Crippen MR) is 69.7 cm³/mol. The molecule has 0 unspecified atom stereocenters. The zero-order valence-electron chi connectivity index (χ0n) is 8.95. The van der Waals surface area contributed by atoms with Crippen molar-refractivity contribution in [3.63, 3.8) is 0 Å². The number of unbranched alkanes of at least 4 members (excludes halogenated alkanes) is 5. The Kier molecular flexibility index (Phi) is 13.4. The molecular formula is C11H24IN. The molecule has 80 valence electrons. The third kappa shape index (κ3) is 12.7. The summed E-state index contributed by atoms with van der Waals surface area (Å²) in [5.74, 6) is 0. The average Bonchev–Trinajstić information content (AvgIpc) is 2.16. The molecule has 0 aliphatic rings. The van der Waals surface area contributed by atoms with E-state index in [-0.39, 0.29) is 0 Å². The van der Waals surface area contributed by atoms with E-state index >= 15 is 0 Å². The molecule has 0 bridgehead atoms. The summed E-state index contributed by atoms with van der Waals surface area (Å²) in [6, 6.07) is 0. The Hall–Kier alpha value is 0.690. The van der Waals surface area contributed by atoms with E-state index in [4.69, 9.17) is 0 Å². The van der Waals surface area contributed by atoms with Crippen molar-refractivity contribution in [2.45, 2.75) is 51.9 Å². The van der Waals surface area contributed by atoms with Gasteiger partial charge in [-0.1, -0.05) is 61.6 Å². The Bertz CT molecular complexity index is 76.2. The van der Waals surface area contributed by atoms with Crippen LogP contribution in [0.25, 0.3) is 0 Å². The van der Waals surface area contributed by atoms with E-state index in [0.29, 0.717) is 0 Å². The second kappa shape index (κ2) is 12.7. The van der Waals surface area contributed by atoms with Gasteiger partial charge in [-0.15, -0.1) is 0 Å². The molecule has 0 saturated carbocycles. The molecule has 0 radical (unpaired) electrons. The van der Waals surface area contributed by atoms with Gasteiger partial charge < -0.3 is 5.32 Å². The number of hydrogen-bond acceptors (Lipinski definition) is 1. The fraction of sp³-hybridized carbons (Fsp3) is 1.00. The van der Waals surface area contributed by atoms with Gasteiger partial charge in [-0.2, -0.15) is 0 Å². The molecular weight excluding hydrogens is 273 g/mol. The van der Waals surface area contributed by atoms with Gasteiger partial charge in [0.2, 0.25) is 0 Å². The van der Waals surface area contributed by atoms with Crippen LogP contribution in [-0.4, -0.2) is 17.5 Å². The summed E-state index contributed by atoms with van der Waals surface area (Å²) in [6.45, 7) is 4.70. The highest BCUT2D eigenvalue weighted by Gasteiger charge is 1.89. The normalized spacial score (nSPS) is 10.6. The highest BCUT2D eigenvalue weighted by atomic mass is 127. The monoisotopic (exact) mass is 297 g/mol. The van der Waals surface area contributed by atoms with E-state index < -0.39 is 0 Å². The van der Waals surface area contributed by atoms with Gasteiger partial charge in [0, 0.05) is 4.43 Å². The van der Waals surface area contributed by atoms with E-state index in [1.165, 1.54) is 62.5 Å². The average molecular weight is 297 g/mol. The van der Waals surface area contributed by atoms with Gasteiger partial charge in [0.15, 0.2) is 0 Å². The van der Waals surface area contributed by atoms with Crippen molar-refractivity contribution >= 4 is 22.6 Å². The van der Waals surface area contributed by atoms with Crippen LogP contribution in [0.2, 0.25) is 0 Å². The topological polar surface area (TPSA) is 12.0 Å². The summed E-state index contributed by atoms with van der Waals surface area (Å²) in [6.07, 6.45) is 9.74. The lowest BCUT2D eigenvalue weighted by Gasteiger charge is -2.02. The Morgan fingerprint density at radius 2 is 1.46 bits per heavy atom. The molecule has 0 amide bonds. The first-order valence-electron chi connectivity index (χ1n) is 5.68. The van der Waals surface area contributed by atoms with Crippen LogP contribution in [0.5, 0.6) is 0 Å². The molecule has 13 heavy (non-hydrogen) atoms. The minimum absolute atomic E-state index is 1.21. The second-order valence-electron chi connectivity index (χ2n) is 3.56. The van der Waals surface area contributed by atoms with Crippen LogP contribution in [0.15, 0.2) is 0 Å². The van der Waals surface area contributed by atoms with Crippen LogP contribution < -0.4 is 5.32 Å². The summed E-state index contributed by atoms with van der Waals surface area (Å²) in [4.78, 5) is 0. The van der Waals surface area contributed by atoms with Crippen molar-refractivity contribution in [2.75, 3.05) is 17.5 Å². The van der Waals surface area contributed by atoms with Crippen LogP contribution in [0, 0.1) is 0 Å². The van der Waals surface area contributed by atoms with Gasteiger partial charge in [-0.25, -0.2) is 0 Å². The third-order valence-electron chi connectivity index (χ3n) is 2.19. The van der Waals surface area contributed by atoms with E-state index in [0.717, 1.165) is 0 Å². The van der Waals surface area contributed by atoms with Crippen LogP contribution in [0.4, 0.5) is 0 Å². The van der Waals surface area contributed by atoms with Crippen molar-refractivity contribution in [3.8, 4) is 0 Å². The van der Waals surface area contributed by atoms with E-state index in [1.54, 1.807) is 0 Å². The maximum atomic E-state index is 3.47. The first-order valence-corrected chi connectivity index (χ1v) is 7.21. The molecule has 0 aromatic heterocycles. The maximum Gasteiger partial charge on any atom is 0.000735 e. The van der Waals surface area contributed by atoms with Gasteiger partial charge in [0.05, 0.1) is 0 Å². The molecule has 0 saturated heterocycles.